The van der Waals surface area contributed by atoms with Crippen molar-refractivity contribution >= 4 is 53.4 Å². The number of nitrogens with zero attached hydrogens (tertiary/aromatic N) is 1. The highest BCUT2D eigenvalue weighted by atomic mass is 19.1. The van der Waals surface area contributed by atoms with Gasteiger partial charge in [0, 0.05) is 44.1 Å². The quantitative estimate of drug-likeness (QED) is 0.0742. The fourth-order valence-electron chi connectivity index (χ4n) is 8.23. The van der Waals surface area contributed by atoms with Crippen LogP contribution in [0.1, 0.15) is 120 Å². The van der Waals surface area contributed by atoms with E-state index in [9.17, 15) is 47.5 Å². The molecule has 1 aliphatic heterocycles. The summed E-state index contributed by atoms with van der Waals surface area (Å²) in [5, 5.41) is 5.18. The number of likely N-dealkylation sites (tertiary alicyclic amines) is 1. The Morgan fingerprint density at radius 3 is 2.23 bits per heavy atom. The molecule has 0 aromatic heterocycles. The Morgan fingerprint density at radius 1 is 0.919 bits per heavy atom. The molecule has 2 fully saturated rings. The van der Waals surface area contributed by atoms with Crippen LogP contribution in [0.2, 0.25) is 0 Å². The summed E-state index contributed by atoms with van der Waals surface area (Å²) < 4.78 is 39.8. The van der Waals surface area contributed by atoms with Crippen LogP contribution in [0.3, 0.4) is 0 Å². The van der Waals surface area contributed by atoms with Crippen LogP contribution in [-0.4, -0.2) is 83.6 Å². The Balaban J connectivity index is 1.57. The number of nitrogens with one attached hydrogen (secondary N) is 2. The summed E-state index contributed by atoms with van der Waals surface area (Å²) in [6, 6.07) is 6.43. The van der Waals surface area contributed by atoms with E-state index in [1.54, 1.807) is 37.3 Å². The van der Waals surface area contributed by atoms with Crippen LogP contribution in [-0.2, 0) is 38.3 Å². The molecule has 336 valence electrons. The molecular weight excluding hydrogens is 811 g/mol. The van der Waals surface area contributed by atoms with Gasteiger partial charge < -0.3 is 30.7 Å². The van der Waals surface area contributed by atoms with Gasteiger partial charge in [-0.3, -0.25) is 38.4 Å². The number of alkyl carbamates (subject to hydrolysis) is 1. The molecule has 1 saturated heterocycles. The molecule has 4 rings (SSSR count). The third-order valence-electron chi connectivity index (χ3n) is 11.3. The number of primary amides is 1. The Bertz CT molecular complexity index is 1970. The molecule has 1 unspecified atom stereocenters. The van der Waals surface area contributed by atoms with Crippen molar-refractivity contribution < 1.29 is 61.4 Å². The molecule has 2 aromatic rings. The second-order valence-corrected chi connectivity index (χ2v) is 16.4. The molecule has 4 N–H and O–H groups in total. The van der Waals surface area contributed by atoms with Crippen molar-refractivity contribution in [1.82, 2.24) is 15.5 Å². The lowest BCUT2D eigenvalue weighted by molar-refractivity contribution is -0.144. The van der Waals surface area contributed by atoms with Crippen molar-refractivity contribution in [3.8, 4) is 5.75 Å². The van der Waals surface area contributed by atoms with Crippen molar-refractivity contribution in [1.29, 1.82) is 0 Å². The zero-order chi connectivity index (χ0) is 45.5. The number of ether oxygens (including phenoxy) is 2. The van der Waals surface area contributed by atoms with Crippen LogP contribution >= 0.6 is 0 Å². The molecular formula is C45H56F2N4O11. The number of ketones is 4. The minimum absolute atomic E-state index is 0.0115. The van der Waals surface area contributed by atoms with Gasteiger partial charge in [0.1, 0.15) is 11.9 Å². The van der Waals surface area contributed by atoms with Crippen LogP contribution in [0.15, 0.2) is 42.5 Å². The maximum atomic E-state index is 15.1. The van der Waals surface area contributed by atoms with E-state index in [0.29, 0.717) is 37.0 Å². The van der Waals surface area contributed by atoms with E-state index in [1.165, 1.54) is 4.90 Å². The summed E-state index contributed by atoms with van der Waals surface area (Å²) in [6.07, 6.45) is 0.956. The van der Waals surface area contributed by atoms with Crippen molar-refractivity contribution in [3.63, 3.8) is 0 Å². The van der Waals surface area contributed by atoms with E-state index in [-0.39, 0.29) is 38.4 Å². The summed E-state index contributed by atoms with van der Waals surface area (Å²) in [4.78, 5) is 120. The van der Waals surface area contributed by atoms with E-state index in [2.05, 4.69) is 15.4 Å². The first-order valence-corrected chi connectivity index (χ1v) is 21.1. The SMILES string of the molecule is CCCC(CC(=O)[C@@H]1C[C@@H](NC(=O)OCC(C)C)CN1C(=O)[C@@H](CC(=O)c1c(F)ccc(F)c1OC=O)C1CCCCC1)C(=O)C(=O)CCC(=O)N[C@H](C(N)=O)c1ccccc1. The number of halogens is 2. The molecule has 0 radical (unpaired) electrons. The lowest BCUT2D eigenvalue weighted by atomic mass is 9.76. The van der Waals surface area contributed by atoms with Crippen LogP contribution in [0, 0.1) is 35.3 Å². The number of rotatable bonds is 23. The highest BCUT2D eigenvalue weighted by molar-refractivity contribution is 6.38. The Labute approximate surface area is 359 Å². The third kappa shape index (κ3) is 13.3. The number of benzene rings is 2. The van der Waals surface area contributed by atoms with E-state index >= 15 is 4.39 Å². The maximum absolute atomic E-state index is 15.1. The first-order valence-electron chi connectivity index (χ1n) is 21.1. The summed E-state index contributed by atoms with van der Waals surface area (Å²) in [7, 11) is 0. The zero-order valence-corrected chi connectivity index (χ0v) is 35.3. The summed E-state index contributed by atoms with van der Waals surface area (Å²) in [5.41, 5.74) is 5.08. The number of nitrogens with two attached hydrogens (primary N) is 1. The number of carbonyl (C=O) groups excluding carboxylic acids is 9. The first kappa shape index (κ1) is 48.8. The Morgan fingerprint density at radius 2 is 1.60 bits per heavy atom. The van der Waals surface area contributed by atoms with Crippen LogP contribution in [0.25, 0.3) is 0 Å². The van der Waals surface area contributed by atoms with E-state index in [0.717, 1.165) is 19.3 Å². The number of hydrogen-bond acceptors (Lipinski definition) is 11. The molecule has 1 heterocycles. The summed E-state index contributed by atoms with van der Waals surface area (Å²) in [6.45, 7) is 5.19. The van der Waals surface area contributed by atoms with Crippen LogP contribution in [0.4, 0.5) is 13.6 Å². The van der Waals surface area contributed by atoms with Crippen molar-refractivity contribution in [2.75, 3.05) is 13.2 Å². The van der Waals surface area contributed by atoms with E-state index in [4.69, 9.17) is 10.5 Å². The van der Waals surface area contributed by atoms with Gasteiger partial charge in [0.05, 0.1) is 24.3 Å². The monoisotopic (exact) mass is 866 g/mol. The molecule has 5 atom stereocenters. The molecule has 62 heavy (non-hydrogen) atoms. The smallest absolute Gasteiger partial charge is 0.407 e. The van der Waals surface area contributed by atoms with Crippen molar-refractivity contribution in [3.05, 3.63) is 65.2 Å². The molecule has 17 heteroatoms. The lowest BCUT2D eigenvalue weighted by Gasteiger charge is -2.34. The standard InChI is InChI=1S/C45H56F2N4O11/c1-4-11-29(41(57)35(53)18-19-38(56)50-40(43(48)58)28-14-9-6-10-15-28)20-36(54)34-21-30(49-45(60)61-24-26(2)3)23-51(34)44(59)31(27-12-7-5-8-13-27)22-37(55)39-32(46)16-17-33(47)42(39)62-25-52/h6,9-10,14-17,25-27,29-31,34,40H,4-5,7-8,11-13,18-24H2,1-3H3,(H2,48,58)(H,49,60)(H,50,56)/t29?,30-,31+,34+,40+/m1/s1. The fraction of sp³-hybridized carbons (Fsp3) is 0.533. The van der Waals surface area contributed by atoms with Crippen LogP contribution in [0.5, 0.6) is 5.75 Å². The molecule has 2 aliphatic rings. The molecule has 15 nitrogen and oxygen atoms in total. The second kappa shape index (κ2) is 23.4. The highest BCUT2D eigenvalue weighted by Crippen LogP contribution is 2.37. The number of carbonyl (C=O) groups is 9. The van der Waals surface area contributed by atoms with E-state index < -0.39 is 131 Å². The predicted octanol–water partition coefficient (Wildman–Crippen LogP) is 5.26. The zero-order valence-electron chi connectivity index (χ0n) is 35.3. The molecule has 4 amide bonds. The van der Waals surface area contributed by atoms with E-state index in [1.807, 2.05) is 13.8 Å². The van der Waals surface area contributed by atoms with Gasteiger partial charge in [0.15, 0.2) is 28.9 Å². The average Bonchev–Trinajstić information content (AvgIpc) is 3.68. The molecule has 1 saturated carbocycles. The minimum Gasteiger partial charge on any atom is -0.449 e. The van der Waals surface area contributed by atoms with Gasteiger partial charge in [0.25, 0.3) is 6.47 Å². The summed E-state index contributed by atoms with van der Waals surface area (Å²) in [5.74, 6) is -11.4. The molecule has 2 aromatic carbocycles. The van der Waals surface area contributed by atoms with Gasteiger partial charge in [-0.05, 0) is 55.2 Å². The molecule has 0 spiro atoms. The lowest BCUT2D eigenvalue weighted by Crippen LogP contribution is -2.47. The highest BCUT2D eigenvalue weighted by Gasteiger charge is 2.45. The van der Waals surface area contributed by atoms with Gasteiger partial charge in [-0.25, -0.2) is 13.6 Å². The van der Waals surface area contributed by atoms with Gasteiger partial charge in [-0.2, -0.15) is 0 Å². The number of amides is 4. The van der Waals surface area contributed by atoms with Crippen molar-refractivity contribution in [2.45, 2.75) is 116 Å². The normalized spacial score (nSPS) is 17.9. The third-order valence-corrected chi connectivity index (χ3v) is 11.3. The second-order valence-electron chi connectivity index (χ2n) is 16.4. The number of Topliss-reactive ketones (excluding diaryl/α,β-unsaturated/α-hetero) is 4. The van der Waals surface area contributed by atoms with Crippen LogP contribution < -0.4 is 21.1 Å². The average molecular weight is 867 g/mol. The molecule has 0 bridgehead atoms. The van der Waals surface area contributed by atoms with Gasteiger partial charge in [0.2, 0.25) is 23.5 Å². The summed E-state index contributed by atoms with van der Waals surface area (Å²) >= 11 is 0. The maximum Gasteiger partial charge on any atom is 0.407 e. The van der Waals surface area contributed by atoms with Gasteiger partial charge in [-0.1, -0.05) is 76.8 Å². The topological polar surface area (TPSA) is 225 Å². The van der Waals surface area contributed by atoms with Crippen molar-refractivity contribution in [2.24, 2.45) is 29.4 Å². The first-order chi connectivity index (χ1) is 29.6. The largest absolute Gasteiger partial charge is 0.449 e. The predicted molar refractivity (Wildman–Crippen MR) is 219 cm³/mol. The molecule has 1 aliphatic carbocycles. The van der Waals surface area contributed by atoms with Gasteiger partial charge >= 0.3 is 6.09 Å². The Hall–Kier alpha value is -5.87. The number of hydrogen-bond donors (Lipinski definition) is 3. The van der Waals surface area contributed by atoms with Gasteiger partial charge in [-0.15, -0.1) is 0 Å². The Kier molecular flexibility index (Phi) is 18.4. The fourth-order valence-corrected chi connectivity index (χ4v) is 8.23. The minimum atomic E-state index is -1.23.